The number of ketones is 1. The molecule has 1 heterocycles. The molecule has 5 nitrogen and oxygen atoms in total. The van der Waals surface area contributed by atoms with Gasteiger partial charge in [0.25, 0.3) is 0 Å². The summed E-state index contributed by atoms with van der Waals surface area (Å²) in [6, 6.07) is 0. The molecule has 0 fully saturated rings. The highest BCUT2D eigenvalue weighted by Crippen LogP contribution is 2.12. The predicted octanol–water partition coefficient (Wildman–Crippen LogP) is 0.518. The first-order valence-electron chi connectivity index (χ1n) is 5.03. The molecule has 0 saturated carbocycles. The van der Waals surface area contributed by atoms with E-state index in [-0.39, 0.29) is 5.78 Å². The van der Waals surface area contributed by atoms with Crippen LogP contribution in [-0.4, -0.2) is 53.0 Å². The van der Waals surface area contributed by atoms with Crippen LogP contribution in [0, 0.1) is 0 Å². The Labute approximate surface area is 95.0 Å². The molecule has 1 unspecified atom stereocenters. The van der Waals surface area contributed by atoms with Gasteiger partial charge < -0.3 is 14.6 Å². The van der Waals surface area contributed by atoms with E-state index in [2.05, 4.69) is 16.5 Å². The van der Waals surface area contributed by atoms with Gasteiger partial charge in [-0.05, 0) is 6.08 Å². The Morgan fingerprint density at radius 3 is 2.81 bits per heavy atom. The molecular weight excluding hydrogens is 206 g/mol. The van der Waals surface area contributed by atoms with Gasteiger partial charge in [-0.25, -0.2) is 4.98 Å². The number of nitrogens with zero attached hydrogens (tertiary/aromatic N) is 2. The van der Waals surface area contributed by atoms with E-state index in [0.717, 1.165) is 0 Å². The van der Waals surface area contributed by atoms with Gasteiger partial charge >= 0.3 is 0 Å². The first kappa shape index (κ1) is 12.6. The van der Waals surface area contributed by atoms with Gasteiger partial charge in [0.1, 0.15) is 18.1 Å². The van der Waals surface area contributed by atoms with Crippen molar-refractivity contribution < 1.29 is 14.4 Å². The largest absolute Gasteiger partial charge is 0.379 e. The first-order valence-corrected chi connectivity index (χ1v) is 5.03. The minimum atomic E-state index is -0.702. The average Bonchev–Trinajstić information content (AvgIpc) is 2.62. The molecule has 0 aliphatic carbocycles. The molecule has 0 radical (unpaired) electrons. The van der Waals surface area contributed by atoms with Crippen molar-refractivity contribution in [3.8, 4) is 0 Å². The number of carbonyl (C=O) groups excluding carboxylic acids is 1. The molecule has 0 aliphatic heterocycles. The lowest BCUT2D eigenvalue weighted by Gasteiger charge is -2.25. The molecule has 88 valence electrons. The number of aliphatic hydroxyl groups excluding tert-OH is 1. The van der Waals surface area contributed by atoms with Crippen LogP contribution in [0.5, 0.6) is 0 Å². The lowest BCUT2D eigenvalue weighted by atomic mass is 10.3. The molecule has 1 atom stereocenters. The summed E-state index contributed by atoms with van der Waals surface area (Å²) in [5.41, 5.74) is 0.352. The van der Waals surface area contributed by atoms with E-state index in [1.54, 1.807) is 0 Å². The average molecular weight is 224 g/mol. The Hall–Kier alpha value is -1.46. The van der Waals surface area contributed by atoms with Crippen molar-refractivity contribution in [3.63, 3.8) is 0 Å². The highest BCUT2D eigenvalue weighted by molar-refractivity contribution is 6.02. The number of H-pyrrole nitrogens is 1. The van der Waals surface area contributed by atoms with E-state index in [4.69, 9.17) is 0 Å². The summed E-state index contributed by atoms with van der Waals surface area (Å²) >= 11 is 0. The number of hydrogen-bond donors (Lipinski definition) is 2. The molecule has 16 heavy (non-hydrogen) atoms. The van der Waals surface area contributed by atoms with Crippen LogP contribution in [0.3, 0.4) is 0 Å². The lowest BCUT2D eigenvalue weighted by Crippen LogP contribution is -2.38. The standard InChI is InChI=1S/C11H17N3O2/c1-5-9(15)8-6-12-11(13-8)10(16)7-14(2,3)4/h5-6,10,16H,1,7H2,2-4H3/p+1. The molecule has 0 spiro atoms. The predicted molar refractivity (Wildman–Crippen MR) is 61.0 cm³/mol. The zero-order valence-electron chi connectivity index (χ0n) is 9.90. The highest BCUT2D eigenvalue weighted by Gasteiger charge is 2.20. The third-order valence-electron chi connectivity index (χ3n) is 2.08. The van der Waals surface area contributed by atoms with Gasteiger partial charge in [-0.15, -0.1) is 0 Å². The van der Waals surface area contributed by atoms with Crippen molar-refractivity contribution in [2.45, 2.75) is 6.10 Å². The summed E-state index contributed by atoms with van der Waals surface area (Å²) < 4.78 is 0.618. The first-order chi connectivity index (χ1) is 7.33. The number of allylic oxidation sites excluding steroid dienone is 1. The molecule has 5 heteroatoms. The summed E-state index contributed by atoms with van der Waals surface area (Å²) in [6.45, 7) is 3.91. The number of likely N-dealkylation sites (N-methyl/N-ethyl adjacent to an activating group) is 1. The van der Waals surface area contributed by atoms with E-state index in [0.29, 0.717) is 22.5 Å². The molecule has 0 bridgehead atoms. The maximum atomic E-state index is 11.3. The molecular formula is C11H18N3O2+. The van der Waals surface area contributed by atoms with Crippen LogP contribution in [0.4, 0.5) is 0 Å². The fourth-order valence-corrected chi connectivity index (χ4v) is 1.35. The topological polar surface area (TPSA) is 66.0 Å². The molecule has 0 aliphatic rings. The van der Waals surface area contributed by atoms with Crippen molar-refractivity contribution in [2.24, 2.45) is 0 Å². The van der Waals surface area contributed by atoms with Gasteiger partial charge in [-0.3, -0.25) is 4.79 Å². The number of aromatic amines is 1. The molecule has 0 aromatic carbocycles. The van der Waals surface area contributed by atoms with E-state index in [1.165, 1.54) is 12.3 Å². The number of hydrogen-bond acceptors (Lipinski definition) is 3. The second kappa shape index (κ2) is 4.59. The summed E-state index contributed by atoms with van der Waals surface area (Å²) in [5.74, 6) is 0.189. The molecule has 1 rings (SSSR count). The molecule has 0 amide bonds. The number of imidazole rings is 1. The summed E-state index contributed by atoms with van der Waals surface area (Å²) in [4.78, 5) is 18.0. The minimum Gasteiger partial charge on any atom is -0.379 e. The van der Waals surface area contributed by atoms with Crippen molar-refractivity contribution in [1.29, 1.82) is 0 Å². The smallest absolute Gasteiger partial charge is 0.203 e. The maximum absolute atomic E-state index is 11.3. The molecule has 0 saturated heterocycles. The number of aromatic nitrogens is 2. The quantitative estimate of drug-likeness (QED) is 0.435. The molecule has 1 aromatic rings. The van der Waals surface area contributed by atoms with E-state index in [1.807, 2.05) is 21.1 Å². The number of aliphatic hydroxyl groups is 1. The van der Waals surface area contributed by atoms with Crippen molar-refractivity contribution in [2.75, 3.05) is 27.7 Å². The monoisotopic (exact) mass is 224 g/mol. The summed E-state index contributed by atoms with van der Waals surface area (Å²) in [5, 5.41) is 9.88. The van der Waals surface area contributed by atoms with Crippen LogP contribution >= 0.6 is 0 Å². The fourth-order valence-electron chi connectivity index (χ4n) is 1.35. The van der Waals surface area contributed by atoms with Crippen molar-refractivity contribution in [1.82, 2.24) is 9.97 Å². The number of carbonyl (C=O) groups is 1. The lowest BCUT2D eigenvalue weighted by molar-refractivity contribution is -0.874. The number of rotatable bonds is 5. The highest BCUT2D eigenvalue weighted by atomic mass is 16.3. The molecule has 2 N–H and O–H groups in total. The van der Waals surface area contributed by atoms with Crippen molar-refractivity contribution >= 4 is 5.78 Å². The van der Waals surface area contributed by atoms with E-state index in [9.17, 15) is 9.90 Å². The molecule has 1 aromatic heterocycles. The third kappa shape index (κ3) is 3.29. The zero-order valence-corrected chi connectivity index (χ0v) is 9.90. The van der Waals surface area contributed by atoms with Gasteiger partial charge in [0.05, 0.1) is 27.3 Å². The van der Waals surface area contributed by atoms with Gasteiger partial charge in [0.15, 0.2) is 6.10 Å². The van der Waals surface area contributed by atoms with Crippen LogP contribution in [-0.2, 0) is 0 Å². The summed E-state index contributed by atoms with van der Waals surface area (Å²) in [7, 11) is 5.92. The van der Waals surface area contributed by atoms with Crippen molar-refractivity contribution in [3.05, 3.63) is 30.4 Å². The Balaban J connectivity index is 2.78. The summed E-state index contributed by atoms with van der Waals surface area (Å²) in [6.07, 6.45) is 1.92. The zero-order chi connectivity index (χ0) is 12.3. The Kier molecular flexibility index (Phi) is 3.62. The van der Waals surface area contributed by atoms with Crippen LogP contribution in [0.25, 0.3) is 0 Å². The minimum absolute atomic E-state index is 0.226. The second-order valence-corrected chi connectivity index (χ2v) is 4.74. The normalized spacial score (nSPS) is 13.5. The van der Waals surface area contributed by atoms with Gasteiger partial charge in [-0.1, -0.05) is 6.58 Å². The third-order valence-corrected chi connectivity index (χ3v) is 2.08. The van der Waals surface area contributed by atoms with Crippen LogP contribution in [0.2, 0.25) is 0 Å². The van der Waals surface area contributed by atoms with E-state index < -0.39 is 6.10 Å². The maximum Gasteiger partial charge on any atom is 0.203 e. The van der Waals surface area contributed by atoms with Gasteiger partial charge in [0, 0.05) is 0 Å². The fraction of sp³-hybridized carbons (Fsp3) is 0.455. The van der Waals surface area contributed by atoms with Crippen LogP contribution < -0.4 is 0 Å². The van der Waals surface area contributed by atoms with Gasteiger partial charge in [-0.2, -0.15) is 0 Å². The van der Waals surface area contributed by atoms with Crippen LogP contribution in [0.15, 0.2) is 18.9 Å². The number of quaternary nitrogens is 1. The Morgan fingerprint density at radius 2 is 2.31 bits per heavy atom. The second-order valence-electron chi connectivity index (χ2n) is 4.74. The SMILES string of the molecule is C=CC(=O)c1cnc(C(O)C[N+](C)(C)C)[nH]1. The van der Waals surface area contributed by atoms with Crippen LogP contribution in [0.1, 0.15) is 22.4 Å². The van der Waals surface area contributed by atoms with Gasteiger partial charge in [0.2, 0.25) is 5.78 Å². The Bertz CT molecular complexity index is 390. The Morgan fingerprint density at radius 1 is 1.69 bits per heavy atom. The number of nitrogens with one attached hydrogen (secondary N) is 1. The van der Waals surface area contributed by atoms with E-state index >= 15 is 0 Å².